The number of carbonyl (C=O) groups is 1. The second-order valence-corrected chi connectivity index (χ2v) is 6.03. The van der Waals surface area contributed by atoms with Crippen molar-refractivity contribution in [3.05, 3.63) is 52.7 Å². The lowest BCUT2D eigenvalue weighted by Crippen LogP contribution is -2.28. The van der Waals surface area contributed by atoms with Gasteiger partial charge < -0.3 is 5.32 Å². The molecule has 7 nitrogen and oxygen atoms in total. The van der Waals surface area contributed by atoms with E-state index < -0.39 is 18.9 Å². The van der Waals surface area contributed by atoms with E-state index in [-0.39, 0.29) is 23.0 Å². The Hall–Kier alpha value is -3.10. The Morgan fingerprint density at radius 1 is 1.23 bits per heavy atom. The maximum Gasteiger partial charge on any atom is 0.276 e. The highest BCUT2D eigenvalue weighted by atomic mass is 19.3. The summed E-state index contributed by atoms with van der Waals surface area (Å²) < 4.78 is 27.1. The van der Waals surface area contributed by atoms with Gasteiger partial charge in [0.25, 0.3) is 17.9 Å². The Morgan fingerprint density at radius 2 is 1.92 bits per heavy atom. The van der Waals surface area contributed by atoms with Crippen LogP contribution < -0.4 is 10.9 Å². The number of amides is 1. The Morgan fingerprint density at radius 3 is 2.58 bits per heavy atom. The van der Waals surface area contributed by atoms with Crippen LogP contribution in [-0.2, 0) is 6.54 Å². The molecular formula is C17H17F2N5O2. The largest absolute Gasteiger partial charge is 0.318 e. The third-order valence-electron chi connectivity index (χ3n) is 3.75. The number of nitrogens with zero attached hydrogens (tertiary/aromatic N) is 4. The number of anilines is 1. The number of nitrogens with one attached hydrogen (secondary N) is 1. The third kappa shape index (κ3) is 3.46. The summed E-state index contributed by atoms with van der Waals surface area (Å²) in [5.41, 5.74) is 0.0660. The number of alkyl halides is 2. The summed E-state index contributed by atoms with van der Waals surface area (Å²) in [6.45, 7) is 3.02. The maximum atomic E-state index is 12.7. The Bertz CT molecular complexity index is 1010. The van der Waals surface area contributed by atoms with Gasteiger partial charge in [-0.3, -0.25) is 14.3 Å². The van der Waals surface area contributed by atoms with Crippen molar-refractivity contribution in [2.45, 2.75) is 32.9 Å². The zero-order valence-electron chi connectivity index (χ0n) is 14.2. The minimum atomic E-state index is -2.54. The van der Waals surface area contributed by atoms with E-state index >= 15 is 0 Å². The van der Waals surface area contributed by atoms with Gasteiger partial charge in [-0.05, 0) is 19.9 Å². The molecular weight excluding hydrogens is 344 g/mol. The number of fused-ring (bicyclic) bond motifs is 1. The van der Waals surface area contributed by atoms with Crippen LogP contribution in [0.3, 0.4) is 0 Å². The normalized spacial score (nSPS) is 11.5. The highest BCUT2D eigenvalue weighted by Crippen LogP contribution is 2.17. The van der Waals surface area contributed by atoms with Crippen molar-refractivity contribution >= 4 is 22.4 Å². The average molecular weight is 361 g/mol. The van der Waals surface area contributed by atoms with Crippen LogP contribution in [0.5, 0.6) is 0 Å². The van der Waals surface area contributed by atoms with Gasteiger partial charge in [0.2, 0.25) is 0 Å². The molecule has 0 unspecified atom stereocenters. The monoisotopic (exact) mass is 361 g/mol. The molecule has 26 heavy (non-hydrogen) atoms. The van der Waals surface area contributed by atoms with Crippen molar-refractivity contribution in [3.63, 3.8) is 0 Å². The standard InChI is InChI=1S/C17H17F2N5O2/c1-10(2)24-17(26)13-6-4-3-5-12(13)15(22-24)16(25)21-11-7-20-23(8-11)9-14(18)19/h3-8,10,14H,9H2,1-2H3,(H,21,25). The number of rotatable bonds is 5. The SMILES string of the molecule is CC(C)n1nc(C(=O)Nc2cnn(CC(F)F)c2)c2ccccc2c1=O. The van der Waals surface area contributed by atoms with Crippen molar-refractivity contribution in [2.24, 2.45) is 0 Å². The highest BCUT2D eigenvalue weighted by molar-refractivity contribution is 6.11. The van der Waals surface area contributed by atoms with Gasteiger partial charge in [0, 0.05) is 11.6 Å². The Kier molecular flexibility index (Phi) is 4.79. The first-order chi connectivity index (χ1) is 12.4. The Balaban J connectivity index is 1.99. The highest BCUT2D eigenvalue weighted by Gasteiger charge is 2.18. The first kappa shape index (κ1) is 17.7. The number of hydrogen-bond donors (Lipinski definition) is 1. The van der Waals surface area contributed by atoms with Crippen LogP contribution in [0.25, 0.3) is 10.8 Å². The molecule has 3 rings (SSSR count). The first-order valence-electron chi connectivity index (χ1n) is 8.00. The zero-order chi connectivity index (χ0) is 18.8. The second-order valence-electron chi connectivity index (χ2n) is 6.03. The summed E-state index contributed by atoms with van der Waals surface area (Å²) in [5.74, 6) is -0.549. The van der Waals surface area contributed by atoms with Gasteiger partial charge in [-0.25, -0.2) is 13.5 Å². The molecule has 9 heteroatoms. The van der Waals surface area contributed by atoms with Gasteiger partial charge in [-0.1, -0.05) is 18.2 Å². The van der Waals surface area contributed by atoms with Gasteiger partial charge >= 0.3 is 0 Å². The fourth-order valence-electron chi connectivity index (χ4n) is 2.58. The number of benzene rings is 1. The summed E-state index contributed by atoms with van der Waals surface area (Å²) in [5, 5.41) is 11.4. The van der Waals surface area contributed by atoms with E-state index in [9.17, 15) is 18.4 Å². The lowest BCUT2D eigenvalue weighted by atomic mass is 10.1. The number of carbonyl (C=O) groups excluding carboxylic acids is 1. The van der Waals surface area contributed by atoms with Crippen LogP contribution in [0.15, 0.2) is 41.5 Å². The lowest BCUT2D eigenvalue weighted by molar-refractivity contribution is 0.102. The summed E-state index contributed by atoms with van der Waals surface area (Å²) in [6.07, 6.45) is 0.0460. The van der Waals surface area contributed by atoms with Gasteiger partial charge in [0.05, 0.1) is 23.3 Å². The van der Waals surface area contributed by atoms with Gasteiger partial charge in [0.15, 0.2) is 5.69 Å². The molecule has 2 heterocycles. The van der Waals surface area contributed by atoms with Crippen LogP contribution in [0.2, 0.25) is 0 Å². The van der Waals surface area contributed by atoms with E-state index in [2.05, 4.69) is 15.5 Å². The summed E-state index contributed by atoms with van der Waals surface area (Å²) in [6, 6.07) is 6.47. The second kappa shape index (κ2) is 7.03. The van der Waals surface area contributed by atoms with E-state index in [4.69, 9.17) is 0 Å². The Labute approximate surface area is 147 Å². The molecule has 0 radical (unpaired) electrons. The predicted octanol–water partition coefficient (Wildman–Crippen LogP) is 2.69. The third-order valence-corrected chi connectivity index (χ3v) is 3.75. The quantitative estimate of drug-likeness (QED) is 0.758. The van der Waals surface area contributed by atoms with Crippen LogP contribution >= 0.6 is 0 Å². The minimum absolute atomic E-state index is 0.0792. The van der Waals surface area contributed by atoms with E-state index in [1.54, 1.807) is 38.1 Å². The van der Waals surface area contributed by atoms with Gasteiger partial charge in [-0.15, -0.1) is 0 Å². The molecule has 0 aliphatic rings. The smallest absolute Gasteiger partial charge is 0.276 e. The molecule has 0 saturated heterocycles. The van der Waals surface area contributed by atoms with Crippen LogP contribution in [0.4, 0.5) is 14.5 Å². The summed E-state index contributed by atoms with van der Waals surface area (Å²) in [4.78, 5) is 25.2. The molecule has 0 spiro atoms. The summed E-state index contributed by atoms with van der Waals surface area (Å²) in [7, 11) is 0. The number of hydrogen-bond acceptors (Lipinski definition) is 4. The minimum Gasteiger partial charge on any atom is -0.318 e. The van der Waals surface area contributed by atoms with E-state index in [1.807, 2.05) is 0 Å². The van der Waals surface area contributed by atoms with Crippen molar-refractivity contribution in [3.8, 4) is 0 Å². The molecule has 0 bridgehead atoms. The molecule has 0 fully saturated rings. The number of aromatic nitrogens is 4. The van der Waals surface area contributed by atoms with Crippen molar-refractivity contribution in [1.82, 2.24) is 19.6 Å². The molecule has 1 amide bonds. The van der Waals surface area contributed by atoms with E-state index in [0.717, 1.165) is 4.68 Å². The van der Waals surface area contributed by atoms with Gasteiger partial charge in [0.1, 0.15) is 6.54 Å². The van der Waals surface area contributed by atoms with Gasteiger partial charge in [-0.2, -0.15) is 10.2 Å². The van der Waals surface area contributed by atoms with Crippen molar-refractivity contribution < 1.29 is 13.6 Å². The molecule has 0 atom stereocenters. The molecule has 3 aromatic rings. The van der Waals surface area contributed by atoms with Crippen LogP contribution in [0, 0.1) is 0 Å². The van der Waals surface area contributed by atoms with Crippen molar-refractivity contribution in [2.75, 3.05) is 5.32 Å². The summed E-state index contributed by atoms with van der Waals surface area (Å²) >= 11 is 0. The van der Waals surface area contributed by atoms with Crippen LogP contribution in [-0.4, -0.2) is 31.9 Å². The van der Waals surface area contributed by atoms with Crippen molar-refractivity contribution in [1.29, 1.82) is 0 Å². The van der Waals surface area contributed by atoms with E-state index in [0.29, 0.717) is 10.8 Å². The fourth-order valence-corrected chi connectivity index (χ4v) is 2.58. The zero-order valence-corrected chi connectivity index (χ0v) is 14.2. The fraction of sp³-hybridized carbons (Fsp3) is 0.294. The topological polar surface area (TPSA) is 81.8 Å². The molecule has 2 aromatic heterocycles. The molecule has 1 aromatic carbocycles. The predicted molar refractivity (Wildman–Crippen MR) is 92.6 cm³/mol. The first-order valence-corrected chi connectivity index (χ1v) is 8.00. The maximum absolute atomic E-state index is 12.7. The van der Waals surface area contributed by atoms with Crippen LogP contribution in [0.1, 0.15) is 30.4 Å². The number of halogens is 2. The van der Waals surface area contributed by atoms with E-state index in [1.165, 1.54) is 17.1 Å². The molecule has 0 aliphatic carbocycles. The molecule has 136 valence electrons. The average Bonchev–Trinajstić information content (AvgIpc) is 3.01. The molecule has 0 saturated carbocycles. The molecule has 1 N–H and O–H groups in total. The molecule has 0 aliphatic heterocycles. The lowest BCUT2D eigenvalue weighted by Gasteiger charge is -2.13.